The molecule has 0 saturated carbocycles. The number of rotatable bonds is 3. The minimum Gasteiger partial charge on any atom is -1.00 e. The van der Waals surface area contributed by atoms with E-state index in [2.05, 4.69) is 13.5 Å². The summed E-state index contributed by atoms with van der Waals surface area (Å²) in [6.07, 6.45) is 5.25. The minimum atomic E-state index is 0. The number of allylic oxidation sites excluding steroid dienone is 1. The van der Waals surface area contributed by atoms with Gasteiger partial charge >= 0.3 is 19.5 Å². The molecule has 0 aromatic heterocycles. The number of hydrogen-bond acceptors (Lipinski definition) is 0. The Morgan fingerprint density at radius 3 is 2.12 bits per heavy atom. The Morgan fingerprint density at radius 1 is 1.50 bits per heavy atom. The van der Waals surface area contributed by atoms with Crippen LogP contribution in [0.4, 0.5) is 0 Å². The molecule has 0 rings (SSSR count). The van der Waals surface area contributed by atoms with Gasteiger partial charge in [-0.1, -0.05) is 12.5 Å². The van der Waals surface area contributed by atoms with E-state index in [1.807, 2.05) is 6.08 Å². The topological polar surface area (TPSA) is 0 Å². The molecule has 0 saturated heterocycles. The van der Waals surface area contributed by atoms with E-state index in [0.717, 1.165) is 12.8 Å². The molecule has 2 heteroatoms. The van der Waals surface area contributed by atoms with E-state index in [4.69, 9.17) is 0 Å². The van der Waals surface area contributed by atoms with Crippen molar-refractivity contribution in [2.75, 3.05) is 0 Å². The zero-order valence-electron chi connectivity index (χ0n) is 5.20. The summed E-state index contributed by atoms with van der Waals surface area (Å²) in [6.45, 7) is 7.25. The molecule has 0 aliphatic heterocycles. The van der Waals surface area contributed by atoms with Crippen LogP contribution in [-0.2, 0) is 19.5 Å². The quantitative estimate of drug-likeness (QED) is 0.256. The summed E-state index contributed by atoms with van der Waals surface area (Å²) < 4.78 is 0. The van der Waals surface area contributed by atoms with E-state index < -0.39 is 0 Å². The zero-order chi connectivity index (χ0) is 4.83. The summed E-state index contributed by atoms with van der Waals surface area (Å²) in [7, 11) is 0. The van der Waals surface area contributed by atoms with Gasteiger partial charge in [0.25, 0.3) is 0 Å². The van der Waals surface area contributed by atoms with Crippen molar-refractivity contribution in [2.45, 2.75) is 19.3 Å². The second-order valence-corrected chi connectivity index (χ2v) is 1.28. The number of hydrogen-bond donors (Lipinski definition) is 0. The molecule has 0 spiro atoms. The Bertz CT molecular complexity index is 37.5. The van der Waals surface area contributed by atoms with Crippen LogP contribution in [0.15, 0.2) is 12.7 Å². The summed E-state index contributed by atoms with van der Waals surface area (Å²) in [4.78, 5) is 0. The Morgan fingerprint density at radius 2 is 2.00 bits per heavy atom. The summed E-state index contributed by atoms with van der Waals surface area (Å²) in [6, 6.07) is 0. The molecule has 0 heterocycles. The Hall–Kier alpha value is 0.843. The molecule has 0 aliphatic carbocycles. The van der Waals surface area contributed by atoms with Crippen molar-refractivity contribution in [1.82, 2.24) is 0 Å². The molecule has 0 aromatic rings. The van der Waals surface area contributed by atoms with Gasteiger partial charge in [0.15, 0.2) is 0 Å². The molecular weight excluding hydrogens is 217 g/mol. The smallest absolute Gasteiger partial charge is 1.00 e. The molecule has 0 nitrogen and oxygen atoms in total. The van der Waals surface area contributed by atoms with Gasteiger partial charge < -0.3 is 23.9 Å². The third-order valence-electron chi connectivity index (χ3n) is 0.658. The Labute approximate surface area is 75.3 Å². The van der Waals surface area contributed by atoms with E-state index in [1.165, 1.54) is 6.42 Å². The minimum absolute atomic E-state index is 0. The van der Waals surface area contributed by atoms with Crippen LogP contribution in [0.3, 0.4) is 0 Å². The molecule has 0 N–H and O–H groups in total. The average Bonchev–Trinajstić information content (AvgIpc) is 1.61. The second-order valence-electron chi connectivity index (χ2n) is 1.28. The summed E-state index contributed by atoms with van der Waals surface area (Å²) in [5.41, 5.74) is 0. The molecule has 0 amide bonds. The molecule has 44 valence electrons. The largest absolute Gasteiger partial charge is 2.00 e. The molecule has 8 heavy (non-hydrogen) atoms. The molecular formula is C6H11BrZn. The van der Waals surface area contributed by atoms with E-state index >= 15 is 0 Å². The summed E-state index contributed by atoms with van der Waals surface area (Å²) in [5.74, 6) is 0. The predicted octanol–water partition coefficient (Wildman–Crippen LogP) is -0.822. The van der Waals surface area contributed by atoms with Gasteiger partial charge in [0.05, 0.1) is 0 Å². The predicted molar refractivity (Wildman–Crippen MR) is 29.4 cm³/mol. The van der Waals surface area contributed by atoms with Crippen LogP contribution >= 0.6 is 0 Å². The van der Waals surface area contributed by atoms with Gasteiger partial charge in [-0.05, 0) is 6.42 Å². The summed E-state index contributed by atoms with van der Waals surface area (Å²) >= 11 is 0. The average molecular weight is 228 g/mol. The second kappa shape index (κ2) is 15.7. The van der Waals surface area contributed by atoms with Crippen molar-refractivity contribution in [3.8, 4) is 0 Å². The van der Waals surface area contributed by atoms with Crippen molar-refractivity contribution < 1.29 is 36.5 Å². The van der Waals surface area contributed by atoms with Gasteiger partial charge in [-0.15, -0.1) is 6.58 Å². The summed E-state index contributed by atoms with van der Waals surface area (Å²) in [5, 5.41) is 0. The Balaban J connectivity index is -0.000000125. The zero-order valence-corrected chi connectivity index (χ0v) is 9.75. The molecule has 0 aliphatic rings. The first-order valence-corrected chi connectivity index (χ1v) is 2.32. The van der Waals surface area contributed by atoms with Crippen LogP contribution in [0, 0.1) is 6.92 Å². The van der Waals surface area contributed by atoms with Crippen LogP contribution in [-0.4, -0.2) is 0 Å². The SMILES string of the molecule is C=CCCC[CH2-].[Br-].[Zn+2]. The van der Waals surface area contributed by atoms with E-state index in [9.17, 15) is 0 Å². The van der Waals surface area contributed by atoms with E-state index in [0.29, 0.717) is 0 Å². The van der Waals surface area contributed by atoms with Gasteiger partial charge in [0, 0.05) is 0 Å². The van der Waals surface area contributed by atoms with E-state index in [1.54, 1.807) is 0 Å². The molecule has 0 atom stereocenters. The van der Waals surface area contributed by atoms with Gasteiger partial charge in [-0.3, -0.25) is 0 Å². The maximum Gasteiger partial charge on any atom is 2.00 e. The monoisotopic (exact) mass is 226 g/mol. The molecule has 0 bridgehead atoms. The van der Waals surface area contributed by atoms with Crippen molar-refractivity contribution >= 4 is 0 Å². The van der Waals surface area contributed by atoms with Crippen molar-refractivity contribution in [1.29, 1.82) is 0 Å². The fourth-order valence-electron chi connectivity index (χ4n) is 0.289. The fourth-order valence-corrected chi connectivity index (χ4v) is 0.289. The fraction of sp³-hybridized carbons (Fsp3) is 0.500. The molecule has 0 radical (unpaired) electrons. The molecule has 0 unspecified atom stereocenters. The maximum atomic E-state index is 3.68. The van der Waals surface area contributed by atoms with Crippen molar-refractivity contribution in [3.05, 3.63) is 19.6 Å². The third-order valence-corrected chi connectivity index (χ3v) is 0.658. The van der Waals surface area contributed by atoms with Crippen LogP contribution in [0.1, 0.15) is 19.3 Å². The van der Waals surface area contributed by atoms with Crippen molar-refractivity contribution in [3.63, 3.8) is 0 Å². The van der Waals surface area contributed by atoms with Crippen molar-refractivity contribution in [2.24, 2.45) is 0 Å². The standard InChI is InChI=1S/C6H11.BrH.Zn/c1-3-5-6-4-2;;/h3H,1-2,4-6H2;1H;/q-1;;+2/p-1. The number of halogens is 1. The van der Waals surface area contributed by atoms with Gasteiger partial charge in [-0.25, -0.2) is 0 Å². The van der Waals surface area contributed by atoms with Crippen LogP contribution < -0.4 is 17.0 Å². The van der Waals surface area contributed by atoms with E-state index in [-0.39, 0.29) is 36.5 Å². The maximum absolute atomic E-state index is 3.68. The van der Waals surface area contributed by atoms with Crippen LogP contribution in [0.5, 0.6) is 0 Å². The number of unbranched alkanes of at least 4 members (excludes halogenated alkanes) is 2. The van der Waals surface area contributed by atoms with Gasteiger partial charge in [0.2, 0.25) is 0 Å². The normalized spacial score (nSPS) is 6.12. The van der Waals surface area contributed by atoms with Crippen LogP contribution in [0.2, 0.25) is 0 Å². The first-order chi connectivity index (χ1) is 2.91. The third kappa shape index (κ3) is 15.8. The van der Waals surface area contributed by atoms with Gasteiger partial charge in [-0.2, -0.15) is 6.42 Å². The molecule has 0 fully saturated rings. The molecule has 0 aromatic carbocycles. The Kier molecular flexibility index (Phi) is 31.2. The van der Waals surface area contributed by atoms with Crippen LogP contribution in [0.25, 0.3) is 0 Å². The first-order valence-electron chi connectivity index (χ1n) is 2.32. The first kappa shape index (κ1) is 15.9. The van der Waals surface area contributed by atoms with Gasteiger partial charge in [0.1, 0.15) is 0 Å².